The van der Waals surface area contributed by atoms with E-state index in [2.05, 4.69) is 4.72 Å². The van der Waals surface area contributed by atoms with E-state index in [1.807, 2.05) is 0 Å². The lowest BCUT2D eigenvalue weighted by molar-refractivity contribution is -0.393. The van der Waals surface area contributed by atoms with Gasteiger partial charge in [-0.05, 0) is 31.2 Å². The molecule has 3 rings (SSSR count). The van der Waals surface area contributed by atoms with Gasteiger partial charge in [0.25, 0.3) is 17.0 Å². The Bertz CT molecular complexity index is 1340. The summed E-state index contributed by atoms with van der Waals surface area (Å²) in [4.78, 5) is 20.9. The van der Waals surface area contributed by atoms with Gasteiger partial charge in [0.05, 0.1) is 27.0 Å². The van der Waals surface area contributed by atoms with Crippen molar-refractivity contribution in [3.05, 3.63) is 74.3 Å². The molecule has 0 saturated carbocycles. The molecule has 0 heterocycles. The van der Waals surface area contributed by atoms with Crippen LogP contribution in [-0.4, -0.2) is 27.0 Å². The average molecular weight is 467 g/mol. The van der Waals surface area contributed by atoms with Crippen molar-refractivity contribution in [2.24, 2.45) is 0 Å². The molecule has 0 aromatic heterocycles. The van der Waals surface area contributed by atoms with Crippen molar-refractivity contribution < 1.29 is 31.2 Å². The zero-order chi connectivity index (χ0) is 22.9. The van der Waals surface area contributed by atoms with Crippen LogP contribution in [0.4, 0.5) is 17.1 Å². The molecule has 0 amide bonds. The minimum absolute atomic E-state index is 0.225. The van der Waals surface area contributed by atoms with Gasteiger partial charge in [0, 0.05) is 5.39 Å². The first kappa shape index (κ1) is 22.1. The Morgan fingerprint density at radius 2 is 1.65 bits per heavy atom. The van der Waals surface area contributed by atoms with Gasteiger partial charge in [-0.1, -0.05) is 23.8 Å². The maximum absolute atomic E-state index is 12.7. The van der Waals surface area contributed by atoms with Crippen LogP contribution in [0.15, 0.2) is 53.4 Å². The number of hydrogen-bond acceptors (Lipinski definition) is 8. The number of anilines is 1. The normalized spacial score (nSPS) is 12.3. The summed E-state index contributed by atoms with van der Waals surface area (Å²) >= 11 is -2.63. The molecule has 1 unspecified atom stereocenters. The first-order chi connectivity index (χ1) is 14.5. The van der Waals surface area contributed by atoms with Crippen LogP contribution in [0.3, 0.4) is 0 Å². The van der Waals surface area contributed by atoms with Crippen LogP contribution in [0.1, 0.15) is 5.56 Å². The van der Waals surface area contributed by atoms with Gasteiger partial charge in [-0.2, -0.15) is 8.42 Å². The molecule has 0 spiro atoms. The van der Waals surface area contributed by atoms with E-state index in [9.17, 15) is 32.9 Å². The minimum atomic E-state index is -4.55. The summed E-state index contributed by atoms with van der Waals surface area (Å²) in [5, 5.41) is 22.5. The second-order valence-corrected chi connectivity index (χ2v) is 8.44. The van der Waals surface area contributed by atoms with Crippen molar-refractivity contribution in [3.8, 4) is 5.75 Å². The third-order valence-electron chi connectivity index (χ3n) is 4.16. The molecule has 3 aromatic rings. The van der Waals surface area contributed by atoms with Gasteiger partial charge in [-0.3, -0.25) is 29.5 Å². The standard InChI is InChI=1S/C17H13N3O9S2/c1-10-5-7-11(8-6-10)31(27,28)29-17-12-3-2-4-13(18-30(25)26)16(12)14(19(21)22)9-15(17)20(23)24/h2-9,18H,1H3,(H,25,26). The van der Waals surface area contributed by atoms with Crippen LogP contribution in [0.25, 0.3) is 10.8 Å². The Balaban J connectivity index is 2.34. The maximum Gasteiger partial charge on any atom is 0.339 e. The lowest BCUT2D eigenvalue weighted by atomic mass is 10.0. The zero-order valence-corrected chi connectivity index (χ0v) is 17.2. The molecule has 0 saturated heterocycles. The molecule has 3 aromatic carbocycles. The summed E-state index contributed by atoms with van der Waals surface area (Å²) in [5.74, 6) is -0.765. The van der Waals surface area contributed by atoms with Gasteiger partial charge in [0.15, 0.2) is 0 Å². The SMILES string of the molecule is Cc1ccc(S(=O)(=O)Oc2c([N+](=O)[O-])cc([N+](=O)[O-])c3c(NS(=O)O)cccc23)cc1. The molecular formula is C17H13N3O9S2. The molecule has 31 heavy (non-hydrogen) atoms. The van der Waals surface area contributed by atoms with E-state index < -0.39 is 48.4 Å². The molecule has 14 heteroatoms. The van der Waals surface area contributed by atoms with Crippen LogP contribution in [0, 0.1) is 27.2 Å². The monoisotopic (exact) mass is 467 g/mol. The molecule has 2 N–H and O–H groups in total. The highest BCUT2D eigenvalue weighted by molar-refractivity contribution is 7.87. The fourth-order valence-electron chi connectivity index (χ4n) is 2.83. The molecule has 162 valence electrons. The summed E-state index contributed by atoms with van der Waals surface area (Å²) < 4.78 is 52.9. The number of aryl methyl sites for hydroxylation is 1. The fraction of sp³-hybridized carbons (Fsp3) is 0.0588. The highest BCUT2D eigenvalue weighted by Gasteiger charge is 2.32. The maximum atomic E-state index is 12.7. The van der Waals surface area contributed by atoms with Gasteiger partial charge in [-0.15, -0.1) is 0 Å². The van der Waals surface area contributed by atoms with E-state index in [1.54, 1.807) is 6.92 Å². The van der Waals surface area contributed by atoms with E-state index in [0.29, 0.717) is 6.07 Å². The molecule has 0 aliphatic rings. The van der Waals surface area contributed by atoms with E-state index in [-0.39, 0.29) is 21.4 Å². The summed E-state index contributed by atoms with van der Waals surface area (Å²) in [6, 6.07) is 9.66. The van der Waals surface area contributed by atoms with Crippen LogP contribution in [-0.2, 0) is 21.4 Å². The molecule has 12 nitrogen and oxygen atoms in total. The van der Waals surface area contributed by atoms with E-state index in [0.717, 1.165) is 5.56 Å². The van der Waals surface area contributed by atoms with E-state index in [1.165, 1.54) is 42.5 Å². The van der Waals surface area contributed by atoms with Gasteiger partial charge in [0.2, 0.25) is 5.75 Å². The van der Waals surface area contributed by atoms with Crippen molar-refractivity contribution in [2.75, 3.05) is 4.72 Å². The highest BCUT2D eigenvalue weighted by atomic mass is 32.2. The quantitative estimate of drug-likeness (QED) is 0.228. The fourth-order valence-corrected chi connectivity index (χ4v) is 4.15. The number of nitrogens with zero attached hydrogens (tertiary/aromatic N) is 2. The summed E-state index contributed by atoms with van der Waals surface area (Å²) in [7, 11) is -4.55. The third kappa shape index (κ3) is 4.45. The Kier molecular flexibility index (Phi) is 5.88. The predicted octanol–water partition coefficient (Wildman–Crippen LogP) is 3.28. The summed E-state index contributed by atoms with van der Waals surface area (Å²) in [5.41, 5.74) is -1.21. The minimum Gasteiger partial charge on any atom is -0.371 e. The third-order valence-corrected chi connectivity index (χ3v) is 5.79. The molecule has 0 fully saturated rings. The van der Waals surface area contributed by atoms with Crippen LogP contribution in [0.5, 0.6) is 5.75 Å². The van der Waals surface area contributed by atoms with E-state index in [4.69, 9.17) is 8.74 Å². The Hall–Kier alpha value is -3.62. The highest BCUT2D eigenvalue weighted by Crippen LogP contribution is 2.45. The number of benzene rings is 3. The van der Waals surface area contributed by atoms with Gasteiger partial charge < -0.3 is 4.18 Å². The van der Waals surface area contributed by atoms with Gasteiger partial charge in [0.1, 0.15) is 4.90 Å². The molecule has 0 aliphatic heterocycles. The van der Waals surface area contributed by atoms with E-state index >= 15 is 0 Å². The van der Waals surface area contributed by atoms with Crippen LogP contribution >= 0.6 is 0 Å². The Labute approximate surface area is 177 Å². The predicted molar refractivity (Wildman–Crippen MR) is 111 cm³/mol. The lowest BCUT2D eigenvalue weighted by Gasteiger charge is -2.13. The van der Waals surface area contributed by atoms with Crippen LogP contribution in [0.2, 0.25) is 0 Å². The second-order valence-electron chi connectivity index (χ2n) is 6.19. The number of nitrogens with one attached hydrogen (secondary N) is 1. The average Bonchev–Trinajstić information content (AvgIpc) is 2.67. The molecule has 0 radical (unpaired) electrons. The topological polar surface area (TPSA) is 179 Å². The number of nitro benzene ring substituents is 2. The molecule has 0 bridgehead atoms. The van der Waals surface area contributed by atoms with Crippen molar-refractivity contribution in [2.45, 2.75) is 11.8 Å². The molecular weight excluding hydrogens is 454 g/mol. The van der Waals surface area contributed by atoms with Gasteiger partial charge in [-0.25, -0.2) is 4.21 Å². The first-order valence-electron chi connectivity index (χ1n) is 8.28. The van der Waals surface area contributed by atoms with Gasteiger partial charge >= 0.3 is 15.8 Å². The Morgan fingerprint density at radius 3 is 2.19 bits per heavy atom. The summed E-state index contributed by atoms with van der Waals surface area (Å²) in [6.07, 6.45) is 0. The first-order valence-corrected chi connectivity index (χ1v) is 10.8. The van der Waals surface area contributed by atoms with Crippen molar-refractivity contribution >= 4 is 49.2 Å². The van der Waals surface area contributed by atoms with Crippen molar-refractivity contribution in [3.63, 3.8) is 0 Å². The number of hydrogen-bond donors (Lipinski definition) is 2. The largest absolute Gasteiger partial charge is 0.371 e. The Morgan fingerprint density at radius 1 is 1.03 bits per heavy atom. The number of non-ortho nitro benzene ring substituents is 1. The summed E-state index contributed by atoms with van der Waals surface area (Å²) in [6.45, 7) is 1.73. The number of fused-ring (bicyclic) bond motifs is 1. The number of rotatable bonds is 7. The van der Waals surface area contributed by atoms with Crippen LogP contribution < -0.4 is 8.91 Å². The molecule has 1 atom stereocenters. The second kappa shape index (κ2) is 8.25. The zero-order valence-electron chi connectivity index (χ0n) is 15.5. The lowest BCUT2D eigenvalue weighted by Crippen LogP contribution is -2.12. The molecule has 0 aliphatic carbocycles. The smallest absolute Gasteiger partial charge is 0.339 e. The number of nitro groups is 2. The van der Waals surface area contributed by atoms with Crippen molar-refractivity contribution in [1.82, 2.24) is 0 Å². The van der Waals surface area contributed by atoms with Crippen molar-refractivity contribution in [1.29, 1.82) is 0 Å².